The molecule has 0 saturated heterocycles. The third-order valence-electron chi connectivity index (χ3n) is 6.79. The number of methoxy groups -OCH3 is 1. The highest BCUT2D eigenvalue weighted by molar-refractivity contribution is 5.16. The number of hydrogen-bond donors (Lipinski definition) is 1. The highest BCUT2D eigenvalue weighted by atomic mass is 16.4. The summed E-state index contributed by atoms with van der Waals surface area (Å²) in [5.41, 5.74) is 0.542. The first kappa shape index (κ1) is 15.3. The van der Waals surface area contributed by atoms with Crippen LogP contribution < -0.4 is 0 Å². The Hall–Kier alpha value is -0.0800. The van der Waals surface area contributed by atoms with E-state index in [1.54, 1.807) is 14.2 Å². The molecule has 3 fully saturated rings. The van der Waals surface area contributed by atoms with Crippen molar-refractivity contribution in [3.05, 3.63) is 0 Å². The van der Waals surface area contributed by atoms with Crippen LogP contribution in [0.1, 0.15) is 59.8 Å². The van der Waals surface area contributed by atoms with E-state index >= 15 is 0 Å². The minimum absolute atomic E-state index is 0.352. The van der Waals surface area contributed by atoms with Crippen molar-refractivity contribution in [1.29, 1.82) is 0 Å². The molecule has 1 spiro atoms. The lowest BCUT2D eigenvalue weighted by Crippen LogP contribution is -2.44. The molecule has 0 unspecified atom stereocenters. The van der Waals surface area contributed by atoms with Crippen molar-refractivity contribution in [2.75, 3.05) is 14.2 Å². The SMILES string of the molecule is COC.C[C@@H]1CC[C@H]2C(C)(C)[C@H]3C[C@@]12CC[C@@]3(C)O. The summed E-state index contributed by atoms with van der Waals surface area (Å²) >= 11 is 0. The molecule has 3 aliphatic carbocycles. The van der Waals surface area contributed by atoms with E-state index in [2.05, 4.69) is 32.4 Å². The third kappa shape index (κ3) is 2.06. The second-order valence-corrected chi connectivity index (χ2v) is 8.11. The van der Waals surface area contributed by atoms with Gasteiger partial charge in [0.25, 0.3) is 0 Å². The van der Waals surface area contributed by atoms with Gasteiger partial charge in [-0.15, -0.1) is 0 Å². The van der Waals surface area contributed by atoms with Gasteiger partial charge in [-0.2, -0.15) is 0 Å². The molecule has 1 N–H and O–H groups in total. The van der Waals surface area contributed by atoms with Gasteiger partial charge in [-0.1, -0.05) is 20.8 Å². The fraction of sp³-hybridized carbons (Fsp3) is 1.00. The Morgan fingerprint density at radius 1 is 1.00 bits per heavy atom. The van der Waals surface area contributed by atoms with Crippen LogP contribution in [0, 0.1) is 28.6 Å². The highest BCUT2D eigenvalue weighted by Gasteiger charge is 2.67. The van der Waals surface area contributed by atoms with Crippen LogP contribution >= 0.6 is 0 Å². The number of ether oxygens (including phenoxy) is 1. The molecular weight excluding hydrogens is 236 g/mol. The largest absolute Gasteiger partial charge is 0.390 e. The van der Waals surface area contributed by atoms with Crippen molar-refractivity contribution >= 4 is 0 Å². The second-order valence-electron chi connectivity index (χ2n) is 8.11. The molecule has 0 aliphatic heterocycles. The monoisotopic (exact) mass is 268 g/mol. The summed E-state index contributed by atoms with van der Waals surface area (Å²) < 4.78 is 4.25. The maximum atomic E-state index is 10.6. The van der Waals surface area contributed by atoms with Gasteiger partial charge in [0.05, 0.1) is 5.60 Å². The van der Waals surface area contributed by atoms with Crippen LogP contribution in [0.5, 0.6) is 0 Å². The highest BCUT2D eigenvalue weighted by Crippen LogP contribution is 2.73. The molecule has 0 heterocycles. The molecule has 112 valence electrons. The zero-order valence-electron chi connectivity index (χ0n) is 13.6. The molecular formula is C17H32O2. The summed E-state index contributed by atoms with van der Waals surface area (Å²) in [7, 11) is 3.25. The van der Waals surface area contributed by atoms with E-state index in [1.807, 2.05) is 0 Å². The summed E-state index contributed by atoms with van der Waals surface area (Å²) in [6.07, 6.45) is 6.41. The van der Waals surface area contributed by atoms with Gasteiger partial charge < -0.3 is 9.84 Å². The Bertz CT molecular complexity index is 330. The van der Waals surface area contributed by atoms with Gasteiger partial charge >= 0.3 is 0 Å². The van der Waals surface area contributed by atoms with E-state index in [4.69, 9.17) is 0 Å². The molecule has 0 aromatic heterocycles. The summed E-state index contributed by atoms with van der Waals surface area (Å²) in [6.45, 7) is 9.38. The average Bonchev–Trinajstić information content (AvgIpc) is 2.71. The molecule has 3 rings (SSSR count). The molecule has 2 bridgehead atoms. The van der Waals surface area contributed by atoms with Crippen molar-refractivity contribution in [2.24, 2.45) is 28.6 Å². The van der Waals surface area contributed by atoms with Crippen LogP contribution in [-0.4, -0.2) is 24.9 Å². The predicted molar refractivity (Wildman–Crippen MR) is 79.0 cm³/mol. The lowest BCUT2D eigenvalue weighted by atomic mass is 9.64. The Morgan fingerprint density at radius 2 is 1.58 bits per heavy atom. The summed E-state index contributed by atoms with van der Waals surface area (Å²) in [4.78, 5) is 0. The lowest BCUT2D eigenvalue weighted by molar-refractivity contribution is -0.0717. The van der Waals surface area contributed by atoms with E-state index in [-0.39, 0.29) is 0 Å². The summed E-state index contributed by atoms with van der Waals surface area (Å²) in [5, 5.41) is 10.6. The van der Waals surface area contributed by atoms with Gasteiger partial charge in [0.15, 0.2) is 0 Å². The minimum Gasteiger partial charge on any atom is -0.390 e. The smallest absolute Gasteiger partial charge is 0.0653 e. The van der Waals surface area contributed by atoms with Crippen LogP contribution in [-0.2, 0) is 4.74 Å². The maximum absolute atomic E-state index is 10.6. The van der Waals surface area contributed by atoms with E-state index in [1.165, 1.54) is 25.7 Å². The van der Waals surface area contributed by atoms with Crippen LogP contribution in [0.25, 0.3) is 0 Å². The van der Waals surface area contributed by atoms with Crippen LogP contribution in [0.2, 0.25) is 0 Å². The Morgan fingerprint density at radius 3 is 2.16 bits per heavy atom. The predicted octanol–water partition coefficient (Wildman–Crippen LogP) is 3.87. The molecule has 3 saturated carbocycles. The van der Waals surface area contributed by atoms with E-state index in [0.717, 1.165) is 18.3 Å². The number of aliphatic hydroxyl groups is 1. The second kappa shape index (κ2) is 4.73. The maximum Gasteiger partial charge on any atom is 0.0653 e. The fourth-order valence-electron chi connectivity index (χ4n) is 5.88. The third-order valence-corrected chi connectivity index (χ3v) is 6.79. The van der Waals surface area contributed by atoms with Gasteiger partial charge in [-0.05, 0) is 67.6 Å². The Labute approximate surface area is 118 Å². The van der Waals surface area contributed by atoms with Crippen molar-refractivity contribution in [3.63, 3.8) is 0 Å². The number of rotatable bonds is 0. The fourth-order valence-corrected chi connectivity index (χ4v) is 5.88. The van der Waals surface area contributed by atoms with Crippen molar-refractivity contribution in [3.8, 4) is 0 Å². The first-order chi connectivity index (χ1) is 8.72. The zero-order valence-corrected chi connectivity index (χ0v) is 13.6. The van der Waals surface area contributed by atoms with E-state index < -0.39 is 5.60 Å². The average molecular weight is 268 g/mol. The van der Waals surface area contributed by atoms with Gasteiger partial charge in [-0.25, -0.2) is 0 Å². The molecule has 0 amide bonds. The topological polar surface area (TPSA) is 29.5 Å². The van der Waals surface area contributed by atoms with Gasteiger partial charge in [0, 0.05) is 14.2 Å². The quantitative estimate of drug-likeness (QED) is 0.722. The van der Waals surface area contributed by atoms with Crippen molar-refractivity contribution < 1.29 is 9.84 Å². The molecule has 2 nitrogen and oxygen atoms in total. The molecule has 0 aromatic carbocycles. The molecule has 19 heavy (non-hydrogen) atoms. The normalized spacial score (nSPS) is 50.4. The Kier molecular flexibility index (Phi) is 3.81. The Balaban J connectivity index is 0.000000408. The van der Waals surface area contributed by atoms with E-state index in [9.17, 15) is 5.11 Å². The standard InChI is InChI=1S/C15H26O.C2H6O/c1-10-5-6-11-13(2,3)12-9-15(10,11)8-7-14(12,4)16;1-3-2/h10-12,16H,5-9H2,1-4H3;1-2H3/t10-,11+,12-,14-,15+;/m1./s1. The van der Waals surface area contributed by atoms with Crippen molar-refractivity contribution in [2.45, 2.75) is 65.4 Å². The molecule has 0 radical (unpaired) electrons. The van der Waals surface area contributed by atoms with Crippen LogP contribution in [0.15, 0.2) is 0 Å². The van der Waals surface area contributed by atoms with Gasteiger partial charge in [0.1, 0.15) is 0 Å². The summed E-state index contributed by atoms with van der Waals surface area (Å²) in [6, 6.07) is 0. The molecule has 0 aromatic rings. The molecule has 2 heteroatoms. The molecule has 3 aliphatic rings. The molecule has 5 atom stereocenters. The minimum atomic E-state index is -0.404. The zero-order chi connectivity index (χ0) is 14.5. The first-order valence-corrected chi connectivity index (χ1v) is 7.85. The van der Waals surface area contributed by atoms with Gasteiger partial charge in [0.2, 0.25) is 0 Å². The number of hydrogen-bond acceptors (Lipinski definition) is 2. The van der Waals surface area contributed by atoms with Crippen molar-refractivity contribution in [1.82, 2.24) is 0 Å². The lowest BCUT2D eigenvalue weighted by Gasteiger charge is -2.44. The van der Waals surface area contributed by atoms with E-state index in [0.29, 0.717) is 16.7 Å². The van der Waals surface area contributed by atoms with Crippen LogP contribution in [0.3, 0.4) is 0 Å². The summed E-state index contributed by atoms with van der Waals surface area (Å²) in [5.74, 6) is 2.29. The first-order valence-electron chi connectivity index (χ1n) is 7.85. The number of fused-ring (bicyclic) bond motifs is 1. The van der Waals surface area contributed by atoms with Crippen LogP contribution in [0.4, 0.5) is 0 Å². The van der Waals surface area contributed by atoms with Gasteiger partial charge in [-0.3, -0.25) is 0 Å².